The Hall–Kier alpha value is -1.86. The molecule has 76 valence electrons. The van der Waals surface area contributed by atoms with Gasteiger partial charge in [-0.2, -0.15) is 5.26 Å². The van der Waals surface area contributed by atoms with Crippen molar-refractivity contribution in [3.63, 3.8) is 0 Å². The molecular formula is C10H6ClNO3. The Morgan fingerprint density at radius 1 is 1.60 bits per heavy atom. The molecular weight excluding hydrogens is 218 g/mol. The van der Waals surface area contributed by atoms with Crippen LogP contribution in [0.4, 0.5) is 0 Å². The van der Waals surface area contributed by atoms with Gasteiger partial charge in [0.05, 0.1) is 7.11 Å². The molecule has 5 heteroatoms. The zero-order valence-electron chi connectivity index (χ0n) is 7.78. The third-order valence-corrected chi connectivity index (χ3v) is 2.04. The zero-order valence-corrected chi connectivity index (χ0v) is 8.54. The Kier molecular flexibility index (Phi) is 3.42. The van der Waals surface area contributed by atoms with Crippen LogP contribution in [0.1, 0.15) is 26.3 Å². The van der Waals surface area contributed by atoms with Crippen molar-refractivity contribution in [3.05, 3.63) is 28.8 Å². The third kappa shape index (κ3) is 2.14. The fraction of sp³-hybridized carbons (Fsp3) is 0.100. The lowest BCUT2D eigenvalue weighted by atomic mass is 10.0. The van der Waals surface area contributed by atoms with Gasteiger partial charge in [0.25, 0.3) is 5.24 Å². The molecule has 0 atom stereocenters. The second-order valence-electron chi connectivity index (χ2n) is 2.65. The number of hydrogen-bond donors (Lipinski definition) is 0. The van der Waals surface area contributed by atoms with E-state index in [-0.39, 0.29) is 22.4 Å². The van der Waals surface area contributed by atoms with Gasteiger partial charge in [0, 0.05) is 11.1 Å². The first-order valence-corrected chi connectivity index (χ1v) is 4.29. The van der Waals surface area contributed by atoms with E-state index in [0.717, 1.165) is 0 Å². The number of aldehydes is 1. The monoisotopic (exact) mass is 223 g/mol. The van der Waals surface area contributed by atoms with Gasteiger partial charge in [-0.3, -0.25) is 9.59 Å². The highest BCUT2D eigenvalue weighted by atomic mass is 35.5. The van der Waals surface area contributed by atoms with Gasteiger partial charge >= 0.3 is 0 Å². The van der Waals surface area contributed by atoms with Crippen molar-refractivity contribution in [1.82, 2.24) is 0 Å². The molecule has 1 aromatic carbocycles. The smallest absolute Gasteiger partial charge is 0.252 e. The molecule has 15 heavy (non-hydrogen) atoms. The average molecular weight is 224 g/mol. The number of nitriles is 1. The van der Waals surface area contributed by atoms with Crippen molar-refractivity contribution in [3.8, 4) is 11.8 Å². The molecule has 0 heterocycles. The molecule has 0 spiro atoms. The Bertz CT molecular complexity index is 462. The van der Waals surface area contributed by atoms with Gasteiger partial charge in [-0.1, -0.05) is 0 Å². The van der Waals surface area contributed by atoms with Crippen LogP contribution in [0.15, 0.2) is 12.1 Å². The SMILES string of the molecule is COc1cc(C(=O)Cl)cc(C=O)c1C#N. The van der Waals surface area contributed by atoms with E-state index in [4.69, 9.17) is 21.6 Å². The van der Waals surface area contributed by atoms with Crippen molar-refractivity contribution in [1.29, 1.82) is 5.26 Å². The Morgan fingerprint density at radius 3 is 2.67 bits per heavy atom. The highest BCUT2D eigenvalue weighted by molar-refractivity contribution is 6.67. The molecule has 0 amide bonds. The number of carbonyl (C=O) groups excluding carboxylic acids is 2. The highest BCUT2D eigenvalue weighted by Gasteiger charge is 2.13. The summed E-state index contributed by atoms with van der Waals surface area (Å²) in [6, 6.07) is 4.40. The van der Waals surface area contributed by atoms with Crippen LogP contribution >= 0.6 is 11.6 Å². The molecule has 1 aromatic rings. The van der Waals surface area contributed by atoms with E-state index in [1.54, 1.807) is 0 Å². The number of methoxy groups -OCH3 is 1. The molecule has 0 aliphatic carbocycles. The molecule has 0 N–H and O–H groups in total. The number of hydrogen-bond acceptors (Lipinski definition) is 4. The van der Waals surface area contributed by atoms with E-state index < -0.39 is 5.24 Å². The summed E-state index contributed by atoms with van der Waals surface area (Å²) in [5.74, 6) is 0.158. The number of benzene rings is 1. The minimum absolute atomic E-state index is 0.0841. The lowest BCUT2D eigenvalue weighted by Gasteiger charge is -2.05. The number of nitrogens with zero attached hydrogens (tertiary/aromatic N) is 1. The van der Waals surface area contributed by atoms with E-state index in [9.17, 15) is 9.59 Å². The van der Waals surface area contributed by atoms with Gasteiger partial charge in [-0.25, -0.2) is 0 Å². The van der Waals surface area contributed by atoms with E-state index in [0.29, 0.717) is 6.29 Å². The summed E-state index contributed by atoms with van der Waals surface area (Å²) >= 11 is 5.26. The summed E-state index contributed by atoms with van der Waals surface area (Å²) in [6.07, 6.45) is 0.477. The van der Waals surface area contributed by atoms with Crippen LogP contribution in [0.3, 0.4) is 0 Å². The first-order chi connectivity index (χ1) is 7.13. The van der Waals surface area contributed by atoms with Gasteiger partial charge in [-0.15, -0.1) is 0 Å². The molecule has 0 aromatic heterocycles. The highest BCUT2D eigenvalue weighted by Crippen LogP contribution is 2.23. The van der Waals surface area contributed by atoms with Crippen LogP contribution in [0.2, 0.25) is 0 Å². The van der Waals surface area contributed by atoms with Crippen LogP contribution < -0.4 is 4.74 Å². The Balaban J connectivity index is 3.51. The van der Waals surface area contributed by atoms with Crippen molar-refractivity contribution in [2.45, 2.75) is 0 Å². The van der Waals surface area contributed by atoms with E-state index in [1.807, 2.05) is 6.07 Å². The minimum Gasteiger partial charge on any atom is -0.495 e. The van der Waals surface area contributed by atoms with E-state index >= 15 is 0 Å². The molecule has 0 saturated carbocycles. The Labute approximate surface area is 91.0 Å². The van der Waals surface area contributed by atoms with Gasteiger partial charge in [0.1, 0.15) is 17.4 Å². The summed E-state index contributed by atoms with van der Waals surface area (Å²) in [7, 11) is 1.34. The van der Waals surface area contributed by atoms with Crippen molar-refractivity contribution >= 4 is 23.1 Å². The second kappa shape index (κ2) is 4.58. The molecule has 0 radical (unpaired) electrons. The molecule has 0 saturated heterocycles. The van der Waals surface area contributed by atoms with Crippen LogP contribution in [-0.2, 0) is 0 Å². The zero-order chi connectivity index (χ0) is 11.4. The summed E-state index contributed by atoms with van der Waals surface area (Å²) < 4.78 is 4.88. The van der Waals surface area contributed by atoms with Gasteiger partial charge in [0.2, 0.25) is 0 Å². The quantitative estimate of drug-likeness (QED) is 0.578. The van der Waals surface area contributed by atoms with Crippen molar-refractivity contribution in [2.75, 3.05) is 7.11 Å². The maximum absolute atomic E-state index is 10.9. The lowest BCUT2D eigenvalue weighted by Crippen LogP contribution is -1.98. The Morgan fingerprint density at radius 2 is 2.27 bits per heavy atom. The van der Waals surface area contributed by atoms with Crippen molar-refractivity contribution in [2.24, 2.45) is 0 Å². The van der Waals surface area contributed by atoms with Gasteiger partial charge < -0.3 is 4.74 Å². The van der Waals surface area contributed by atoms with E-state index in [2.05, 4.69) is 0 Å². The van der Waals surface area contributed by atoms with E-state index in [1.165, 1.54) is 19.2 Å². The molecule has 0 aliphatic rings. The summed E-state index contributed by atoms with van der Waals surface area (Å²) in [5.41, 5.74) is 0.296. The number of rotatable bonds is 3. The first kappa shape index (κ1) is 11.2. The fourth-order valence-electron chi connectivity index (χ4n) is 1.12. The summed E-state index contributed by atoms with van der Waals surface area (Å²) in [4.78, 5) is 21.6. The average Bonchev–Trinajstić information content (AvgIpc) is 2.26. The molecule has 0 unspecified atom stereocenters. The number of ether oxygens (including phenoxy) is 1. The lowest BCUT2D eigenvalue weighted by molar-refractivity contribution is 0.108. The third-order valence-electron chi connectivity index (χ3n) is 1.82. The fourth-order valence-corrected chi connectivity index (χ4v) is 1.23. The minimum atomic E-state index is -0.708. The van der Waals surface area contributed by atoms with Crippen LogP contribution in [0.5, 0.6) is 5.75 Å². The van der Waals surface area contributed by atoms with Crippen LogP contribution in [-0.4, -0.2) is 18.6 Å². The standard InChI is InChI=1S/C10H6ClNO3/c1-15-9-3-6(10(11)14)2-7(5-13)8(9)4-12/h2-3,5H,1H3. The summed E-state index contributed by atoms with van der Waals surface area (Å²) in [6.45, 7) is 0. The molecule has 0 fully saturated rings. The molecule has 1 rings (SSSR count). The second-order valence-corrected chi connectivity index (χ2v) is 2.99. The van der Waals surface area contributed by atoms with Crippen molar-refractivity contribution < 1.29 is 14.3 Å². The first-order valence-electron chi connectivity index (χ1n) is 3.91. The van der Waals surface area contributed by atoms with Gasteiger partial charge in [-0.05, 0) is 23.7 Å². The number of halogens is 1. The normalized spacial score (nSPS) is 9.13. The predicted octanol–water partition coefficient (Wildman–Crippen LogP) is 1.76. The van der Waals surface area contributed by atoms with Crippen LogP contribution in [0.25, 0.3) is 0 Å². The summed E-state index contributed by atoms with van der Waals surface area (Å²) in [5, 5.41) is 8.08. The maximum Gasteiger partial charge on any atom is 0.252 e. The molecule has 4 nitrogen and oxygen atoms in total. The van der Waals surface area contributed by atoms with Gasteiger partial charge in [0.15, 0.2) is 6.29 Å². The molecule has 0 aliphatic heterocycles. The number of carbonyl (C=O) groups is 2. The molecule has 0 bridgehead atoms. The maximum atomic E-state index is 10.9. The largest absolute Gasteiger partial charge is 0.495 e. The topological polar surface area (TPSA) is 67.2 Å². The van der Waals surface area contributed by atoms with Crippen LogP contribution in [0, 0.1) is 11.3 Å². The predicted molar refractivity (Wildman–Crippen MR) is 53.3 cm³/mol.